The first-order valence-electron chi connectivity index (χ1n) is 7.65. The van der Waals surface area contributed by atoms with E-state index >= 15 is 0 Å². The van der Waals surface area contributed by atoms with Crippen LogP contribution in [-0.4, -0.2) is 30.4 Å². The van der Waals surface area contributed by atoms with Crippen molar-refractivity contribution in [2.75, 3.05) is 11.9 Å². The number of rotatable bonds is 6. The monoisotopic (exact) mass is 384 g/mol. The van der Waals surface area contributed by atoms with E-state index in [1.807, 2.05) is 0 Å². The molecule has 0 spiro atoms. The standard InChI is InChI=1S/C17H15F3N2O5/c1-10(21-15(24)13-3-2-8-26-13)16(25)27-9-14(23)22-12-6-4-11(5-7-12)17(18,19)20/h2-8,10H,9H2,1H3,(H,21,24)(H,22,23)/t10-/m0/s1. The van der Waals surface area contributed by atoms with Crippen molar-refractivity contribution in [1.82, 2.24) is 5.32 Å². The van der Waals surface area contributed by atoms with Crippen molar-refractivity contribution >= 4 is 23.5 Å². The Morgan fingerprint density at radius 1 is 1.15 bits per heavy atom. The van der Waals surface area contributed by atoms with Crippen LogP contribution >= 0.6 is 0 Å². The second kappa shape index (κ2) is 8.39. The molecule has 7 nitrogen and oxygen atoms in total. The number of anilines is 1. The van der Waals surface area contributed by atoms with E-state index in [4.69, 9.17) is 9.15 Å². The minimum absolute atomic E-state index is 0.00898. The Morgan fingerprint density at radius 2 is 1.81 bits per heavy atom. The lowest BCUT2D eigenvalue weighted by Crippen LogP contribution is -2.40. The number of furan rings is 1. The molecule has 2 aromatic rings. The zero-order chi connectivity index (χ0) is 20.0. The van der Waals surface area contributed by atoms with Gasteiger partial charge in [0.1, 0.15) is 6.04 Å². The average molecular weight is 384 g/mol. The molecule has 27 heavy (non-hydrogen) atoms. The fraction of sp³-hybridized carbons (Fsp3) is 0.235. The van der Waals surface area contributed by atoms with Gasteiger partial charge in [-0.1, -0.05) is 0 Å². The van der Waals surface area contributed by atoms with Crippen LogP contribution in [0.2, 0.25) is 0 Å². The summed E-state index contributed by atoms with van der Waals surface area (Å²) in [5, 5.41) is 4.62. The Kier molecular flexibility index (Phi) is 6.22. The number of hydrogen-bond donors (Lipinski definition) is 2. The van der Waals surface area contributed by atoms with Gasteiger partial charge in [-0.25, -0.2) is 4.79 Å². The Labute approximate surface area is 151 Å². The van der Waals surface area contributed by atoms with E-state index in [1.54, 1.807) is 0 Å². The SMILES string of the molecule is C[C@H](NC(=O)c1ccco1)C(=O)OCC(=O)Nc1ccc(C(F)(F)F)cc1. The Balaban J connectivity index is 1.79. The van der Waals surface area contributed by atoms with Crippen LogP contribution in [0.25, 0.3) is 0 Å². The molecule has 1 aromatic heterocycles. The number of ether oxygens (including phenoxy) is 1. The van der Waals surface area contributed by atoms with Crippen LogP contribution < -0.4 is 10.6 Å². The van der Waals surface area contributed by atoms with Crippen LogP contribution in [0.15, 0.2) is 47.1 Å². The molecule has 0 radical (unpaired) electrons. The van der Waals surface area contributed by atoms with Gasteiger partial charge in [0.05, 0.1) is 11.8 Å². The molecular weight excluding hydrogens is 369 g/mol. The molecular formula is C17H15F3N2O5. The maximum absolute atomic E-state index is 12.5. The maximum atomic E-state index is 12.5. The zero-order valence-electron chi connectivity index (χ0n) is 14.0. The Bertz CT molecular complexity index is 801. The molecule has 144 valence electrons. The molecule has 1 heterocycles. The van der Waals surface area contributed by atoms with Crippen molar-refractivity contribution in [3.05, 3.63) is 54.0 Å². The molecule has 10 heteroatoms. The molecule has 0 aliphatic rings. The number of carbonyl (C=O) groups is 3. The highest BCUT2D eigenvalue weighted by Gasteiger charge is 2.30. The van der Waals surface area contributed by atoms with Gasteiger partial charge < -0.3 is 19.8 Å². The molecule has 0 saturated carbocycles. The molecule has 0 saturated heterocycles. The second-order valence-electron chi connectivity index (χ2n) is 5.40. The highest BCUT2D eigenvalue weighted by atomic mass is 19.4. The van der Waals surface area contributed by atoms with Gasteiger partial charge in [-0.15, -0.1) is 0 Å². The fourth-order valence-corrected chi connectivity index (χ4v) is 1.94. The summed E-state index contributed by atoms with van der Waals surface area (Å²) in [7, 11) is 0. The maximum Gasteiger partial charge on any atom is 0.416 e. The molecule has 0 aliphatic carbocycles. The van der Waals surface area contributed by atoms with Crippen LogP contribution in [0.1, 0.15) is 23.0 Å². The Morgan fingerprint density at radius 3 is 2.37 bits per heavy atom. The minimum Gasteiger partial charge on any atom is -0.459 e. The molecule has 0 fully saturated rings. The van der Waals surface area contributed by atoms with E-state index < -0.39 is 42.2 Å². The normalized spacial score (nSPS) is 12.1. The number of halogens is 3. The summed E-state index contributed by atoms with van der Waals surface area (Å²) in [4.78, 5) is 35.2. The molecule has 1 atom stereocenters. The minimum atomic E-state index is -4.48. The van der Waals surface area contributed by atoms with Crippen molar-refractivity contribution in [1.29, 1.82) is 0 Å². The number of nitrogens with one attached hydrogen (secondary N) is 2. The van der Waals surface area contributed by atoms with Crippen molar-refractivity contribution in [2.24, 2.45) is 0 Å². The second-order valence-corrected chi connectivity index (χ2v) is 5.40. The number of benzene rings is 1. The van der Waals surface area contributed by atoms with Crippen molar-refractivity contribution in [3.63, 3.8) is 0 Å². The van der Waals surface area contributed by atoms with Gasteiger partial charge in [-0.2, -0.15) is 13.2 Å². The predicted molar refractivity (Wildman–Crippen MR) is 86.7 cm³/mol. The van der Waals surface area contributed by atoms with E-state index in [-0.39, 0.29) is 11.4 Å². The van der Waals surface area contributed by atoms with Gasteiger partial charge in [0.2, 0.25) is 0 Å². The molecule has 0 aliphatic heterocycles. The molecule has 1 aromatic carbocycles. The van der Waals surface area contributed by atoms with E-state index in [0.717, 1.165) is 24.3 Å². The van der Waals surface area contributed by atoms with Gasteiger partial charge in [-0.3, -0.25) is 9.59 Å². The third kappa shape index (κ3) is 5.87. The summed E-state index contributed by atoms with van der Waals surface area (Å²) in [6, 6.07) is 5.65. The smallest absolute Gasteiger partial charge is 0.416 e. The average Bonchev–Trinajstić information content (AvgIpc) is 3.14. The molecule has 2 rings (SSSR count). The molecule has 0 unspecified atom stereocenters. The topological polar surface area (TPSA) is 97.6 Å². The summed E-state index contributed by atoms with van der Waals surface area (Å²) in [6.45, 7) is 0.692. The van der Waals surface area contributed by atoms with E-state index in [0.29, 0.717) is 0 Å². The third-order valence-electron chi connectivity index (χ3n) is 3.29. The number of esters is 1. The predicted octanol–water partition coefficient (Wildman–Crippen LogP) is 2.60. The lowest BCUT2D eigenvalue weighted by atomic mass is 10.2. The van der Waals surface area contributed by atoms with Crippen LogP contribution in [-0.2, 0) is 20.5 Å². The van der Waals surface area contributed by atoms with Crippen LogP contribution in [0.5, 0.6) is 0 Å². The first-order valence-corrected chi connectivity index (χ1v) is 7.65. The van der Waals surface area contributed by atoms with Crippen molar-refractivity contribution in [2.45, 2.75) is 19.1 Å². The first kappa shape index (κ1) is 20.0. The number of alkyl halides is 3. The van der Waals surface area contributed by atoms with Gasteiger partial charge in [-0.05, 0) is 43.3 Å². The van der Waals surface area contributed by atoms with Gasteiger partial charge in [0.15, 0.2) is 12.4 Å². The van der Waals surface area contributed by atoms with Crippen molar-refractivity contribution in [3.8, 4) is 0 Å². The number of carbonyl (C=O) groups excluding carboxylic acids is 3. The van der Waals surface area contributed by atoms with Gasteiger partial charge in [0.25, 0.3) is 11.8 Å². The van der Waals surface area contributed by atoms with Crippen LogP contribution in [0.4, 0.5) is 18.9 Å². The third-order valence-corrected chi connectivity index (χ3v) is 3.29. The van der Waals surface area contributed by atoms with E-state index in [2.05, 4.69) is 10.6 Å². The zero-order valence-corrected chi connectivity index (χ0v) is 14.0. The van der Waals surface area contributed by atoms with Crippen molar-refractivity contribution < 1.29 is 36.7 Å². The van der Waals surface area contributed by atoms with Crippen LogP contribution in [0.3, 0.4) is 0 Å². The van der Waals surface area contributed by atoms with Gasteiger partial charge in [0, 0.05) is 5.69 Å². The van der Waals surface area contributed by atoms with E-state index in [9.17, 15) is 27.6 Å². The summed E-state index contributed by atoms with van der Waals surface area (Å²) < 4.78 is 47.0. The summed E-state index contributed by atoms with van der Waals surface area (Å²) in [6.07, 6.45) is -3.18. The Hall–Kier alpha value is -3.30. The summed E-state index contributed by atoms with van der Waals surface area (Å²) in [5.41, 5.74) is -0.740. The molecule has 0 bridgehead atoms. The lowest BCUT2D eigenvalue weighted by molar-refractivity contribution is -0.148. The highest BCUT2D eigenvalue weighted by molar-refractivity contribution is 5.95. The van der Waals surface area contributed by atoms with Crippen LogP contribution in [0, 0.1) is 0 Å². The first-order chi connectivity index (χ1) is 12.7. The summed E-state index contributed by atoms with van der Waals surface area (Å²) in [5.74, 6) is -2.22. The fourth-order valence-electron chi connectivity index (χ4n) is 1.94. The quantitative estimate of drug-likeness (QED) is 0.746. The lowest BCUT2D eigenvalue weighted by Gasteiger charge is -2.13. The number of hydrogen-bond acceptors (Lipinski definition) is 5. The summed E-state index contributed by atoms with van der Waals surface area (Å²) >= 11 is 0. The van der Waals surface area contributed by atoms with Gasteiger partial charge >= 0.3 is 12.1 Å². The van der Waals surface area contributed by atoms with E-state index in [1.165, 1.54) is 25.3 Å². The molecule has 2 N–H and O–H groups in total. The number of amides is 2. The highest BCUT2D eigenvalue weighted by Crippen LogP contribution is 2.29. The molecule has 2 amide bonds. The largest absolute Gasteiger partial charge is 0.459 e.